The molecule has 8 heteroatoms. The van der Waals surface area contributed by atoms with Crippen molar-refractivity contribution in [3.8, 4) is 5.75 Å². The van der Waals surface area contributed by atoms with E-state index in [1.54, 1.807) is 35.2 Å². The summed E-state index contributed by atoms with van der Waals surface area (Å²) in [5, 5.41) is 3.98. The Morgan fingerprint density at radius 1 is 1.10 bits per heavy atom. The van der Waals surface area contributed by atoms with Gasteiger partial charge in [-0.15, -0.1) is 0 Å². The maximum atomic E-state index is 13.2. The summed E-state index contributed by atoms with van der Waals surface area (Å²) in [6, 6.07) is 11.8. The van der Waals surface area contributed by atoms with Crippen molar-refractivity contribution in [1.82, 2.24) is 10.2 Å². The molecule has 0 heterocycles. The summed E-state index contributed by atoms with van der Waals surface area (Å²) >= 11 is 15.5. The highest BCUT2D eigenvalue weighted by molar-refractivity contribution is 9.10. The van der Waals surface area contributed by atoms with E-state index in [2.05, 4.69) is 21.2 Å². The Hall–Kier alpha value is -1.76. The molecule has 0 saturated heterocycles. The first-order chi connectivity index (χ1) is 14.7. The minimum atomic E-state index is -0.624. The van der Waals surface area contributed by atoms with Crippen LogP contribution in [0.5, 0.6) is 5.75 Å². The number of hydrogen-bond acceptors (Lipinski definition) is 3. The van der Waals surface area contributed by atoms with Gasteiger partial charge in [0.15, 0.2) is 6.61 Å². The van der Waals surface area contributed by atoms with Crippen LogP contribution in [-0.2, 0) is 16.1 Å². The molecular formula is C23H27BrCl2N2O3. The van der Waals surface area contributed by atoms with Crippen molar-refractivity contribution in [1.29, 1.82) is 0 Å². The third-order valence-corrected chi connectivity index (χ3v) is 5.94. The fourth-order valence-corrected chi connectivity index (χ4v) is 3.82. The minimum Gasteiger partial charge on any atom is -0.482 e. The van der Waals surface area contributed by atoms with Crippen LogP contribution in [0, 0.1) is 0 Å². The van der Waals surface area contributed by atoms with E-state index in [9.17, 15) is 9.59 Å². The summed E-state index contributed by atoms with van der Waals surface area (Å²) in [4.78, 5) is 27.6. The second kappa shape index (κ2) is 12.3. The molecule has 2 aromatic rings. The van der Waals surface area contributed by atoms with Gasteiger partial charge in [0, 0.05) is 22.1 Å². The number of ether oxygens (including phenoxy) is 1. The van der Waals surface area contributed by atoms with Crippen molar-refractivity contribution >= 4 is 50.9 Å². The van der Waals surface area contributed by atoms with Crippen LogP contribution >= 0.6 is 39.1 Å². The third-order valence-electron chi connectivity index (χ3n) is 4.90. The fourth-order valence-electron chi connectivity index (χ4n) is 2.96. The van der Waals surface area contributed by atoms with Crippen molar-refractivity contribution < 1.29 is 14.3 Å². The summed E-state index contributed by atoms with van der Waals surface area (Å²) in [6.45, 7) is 5.85. The molecule has 0 saturated carbocycles. The van der Waals surface area contributed by atoms with Crippen molar-refractivity contribution in [2.45, 2.75) is 52.2 Å². The molecular weight excluding hydrogens is 503 g/mol. The quantitative estimate of drug-likeness (QED) is 0.419. The Morgan fingerprint density at radius 3 is 2.35 bits per heavy atom. The first-order valence-electron chi connectivity index (χ1n) is 10.2. The lowest BCUT2D eigenvalue weighted by atomic mass is 10.1. The van der Waals surface area contributed by atoms with Gasteiger partial charge in [0.05, 0.1) is 5.02 Å². The third kappa shape index (κ3) is 7.70. The molecule has 0 aliphatic heterocycles. The highest BCUT2D eigenvalue weighted by Gasteiger charge is 2.29. The lowest BCUT2D eigenvalue weighted by Crippen LogP contribution is -2.51. The van der Waals surface area contributed by atoms with Gasteiger partial charge in [0.2, 0.25) is 5.91 Å². The monoisotopic (exact) mass is 528 g/mol. The number of benzene rings is 2. The Labute approximate surface area is 202 Å². The lowest BCUT2D eigenvalue weighted by Gasteiger charge is -2.31. The van der Waals surface area contributed by atoms with Gasteiger partial charge in [0.1, 0.15) is 11.8 Å². The Balaban J connectivity index is 2.22. The number of nitrogens with zero attached hydrogens (tertiary/aromatic N) is 1. The zero-order chi connectivity index (χ0) is 23.0. The van der Waals surface area contributed by atoms with Crippen LogP contribution in [-0.4, -0.2) is 35.4 Å². The molecule has 0 bridgehead atoms. The highest BCUT2D eigenvalue weighted by atomic mass is 79.9. The molecule has 168 valence electrons. The SMILES string of the molecule is CC[C@@H](C)NC(=O)[C@@H](CC)N(Cc1ccc(Cl)cc1)C(=O)COc1ccc(Br)cc1Cl. The van der Waals surface area contributed by atoms with Crippen LogP contribution in [0.25, 0.3) is 0 Å². The van der Waals surface area contributed by atoms with Gasteiger partial charge in [0.25, 0.3) is 5.91 Å². The minimum absolute atomic E-state index is 0.0202. The maximum absolute atomic E-state index is 13.2. The molecule has 5 nitrogen and oxygen atoms in total. The number of rotatable bonds is 10. The molecule has 2 amide bonds. The second-order valence-electron chi connectivity index (χ2n) is 7.25. The Kier molecular flexibility index (Phi) is 10.1. The van der Waals surface area contributed by atoms with E-state index in [1.807, 2.05) is 32.9 Å². The van der Waals surface area contributed by atoms with E-state index in [1.165, 1.54) is 0 Å². The summed E-state index contributed by atoms with van der Waals surface area (Å²) in [7, 11) is 0. The number of amides is 2. The van der Waals surface area contributed by atoms with Crippen LogP contribution in [0.2, 0.25) is 10.0 Å². The largest absolute Gasteiger partial charge is 0.482 e. The maximum Gasteiger partial charge on any atom is 0.261 e. The lowest BCUT2D eigenvalue weighted by molar-refractivity contribution is -0.143. The van der Waals surface area contributed by atoms with Gasteiger partial charge in [-0.3, -0.25) is 9.59 Å². The molecule has 0 aromatic heterocycles. The van der Waals surface area contributed by atoms with E-state index < -0.39 is 6.04 Å². The molecule has 0 radical (unpaired) electrons. The number of nitrogens with one attached hydrogen (secondary N) is 1. The molecule has 0 unspecified atom stereocenters. The zero-order valence-corrected chi connectivity index (χ0v) is 20.9. The van der Waals surface area contributed by atoms with Gasteiger partial charge in [-0.05, 0) is 55.7 Å². The number of hydrogen-bond donors (Lipinski definition) is 1. The van der Waals surface area contributed by atoms with Crippen LogP contribution in [0.3, 0.4) is 0 Å². The molecule has 31 heavy (non-hydrogen) atoms. The number of carbonyl (C=O) groups is 2. The molecule has 2 atom stereocenters. The fraction of sp³-hybridized carbons (Fsp3) is 0.391. The van der Waals surface area contributed by atoms with Crippen molar-refractivity contribution in [3.05, 3.63) is 62.5 Å². The van der Waals surface area contributed by atoms with Gasteiger partial charge in [-0.25, -0.2) is 0 Å². The second-order valence-corrected chi connectivity index (χ2v) is 9.01. The van der Waals surface area contributed by atoms with Crippen molar-refractivity contribution in [2.75, 3.05) is 6.61 Å². The zero-order valence-electron chi connectivity index (χ0n) is 17.8. The Bertz CT molecular complexity index is 893. The molecule has 0 spiro atoms. The van der Waals surface area contributed by atoms with E-state index in [0.717, 1.165) is 16.5 Å². The van der Waals surface area contributed by atoms with Crippen LogP contribution in [0.4, 0.5) is 0 Å². The standard InChI is InChI=1S/C23H27BrCl2N2O3/c1-4-15(3)27-23(30)20(5-2)28(13-16-6-9-18(25)10-7-16)22(29)14-31-21-11-8-17(24)12-19(21)26/h6-12,15,20H,4-5,13-14H2,1-3H3,(H,27,30)/t15-,20-/m1/s1. The van der Waals surface area contributed by atoms with Crippen molar-refractivity contribution in [3.63, 3.8) is 0 Å². The summed E-state index contributed by atoms with van der Waals surface area (Å²) in [5.74, 6) is -0.0808. The van der Waals surface area contributed by atoms with Gasteiger partial charge in [-0.1, -0.05) is 65.1 Å². The molecule has 2 aromatic carbocycles. The van der Waals surface area contributed by atoms with E-state index in [4.69, 9.17) is 27.9 Å². The first kappa shape index (κ1) is 25.5. The topological polar surface area (TPSA) is 58.6 Å². The van der Waals surface area contributed by atoms with E-state index >= 15 is 0 Å². The van der Waals surface area contributed by atoms with Crippen molar-refractivity contribution in [2.24, 2.45) is 0 Å². The number of carbonyl (C=O) groups excluding carboxylic acids is 2. The summed E-state index contributed by atoms with van der Waals surface area (Å²) < 4.78 is 6.48. The van der Waals surface area contributed by atoms with Gasteiger partial charge < -0.3 is 15.0 Å². The molecule has 2 rings (SSSR count). The Morgan fingerprint density at radius 2 is 1.77 bits per heavy atom. The van der Waals surface area contributed by atoms with Gasteiger partial charge in [-0.2, -0.15) is 0 Å². The number of halogens is 3. The molecule has 0 fully saturated rings. The molecule has 0 aliphatic rings. The predicted octanol–water partition coefficient (Wildman–Crippen LogP) is 5.86. The average Bonchev–Trinajstić information content (AvgIpc) is 2.74. The van der Waals surface area contributed by atoms with E-state index in [-0.39, 0.29) is 31.0 Å². The predicted molar refractivity (Wildman–Crippen MR) is 129 cm³/mol. The molecule has 1 N–H and O–H groups in total. The van der Waals surface area contributed by atoms with Crippen LogP contribution in [0.1, 0.15) is 39.2 Å². The summed E-state index contributed by atoms with van der Waals surface area (Å²) in [5.41, 5.74) is 0.870. The van der Waals surface area contributed by atoms with Gasteiger partial charge >= 0.3 is 0 Å². The van der Waals surface area contributed by atoms with Crippen LogP contribution in [0.15, 0.2) is 46.9 Å². The first-order valence-corrected chi connectivity index (χ1v) is 11.7. The average molecular weight is 530 g/mol. The highest BCUT2D eigenvalue weighted by Crippen LogP contribution is 2.28. The van der Waals surface area contributed by atoms with Crippen LogP contribution < -0.4 is 10.1 Å². The summed E-state index contributed by atoms with van der Waals surface area (Å²) in [6.07, 6.45) is 1.28. The molecule has 0 aliphatic carbocycles. The van der Waals surface area contributed by atoms with E-state index in [0.29, 0.717) is 22.2 Å². The smallest absolute Gasteiger partial charge is 0.261 e. The normalized spacial score (nSPS) is 12.7.